The number of ether oxygens (including phenoxy) is 1. The van der Waals surface area contributed by atoms with Crippen LogP contribution >= 0.6 is 11.3 Å². The standard InChI is InChI=1S/C33H55NO6SSi2/c1-22-14-13-15-26(20-35)16-17-28(23(2)18-27-21-41-25(4)34-27)38-30(36)19-29(39-42(7,8)9)33(5,6)32(37)24(3)31(22)40-43(10,11)12/h16-18,20-22,24,26,28-29,31H,13-15,19H2,1-12H3/t22-,24+,26?,28-,29?,31?/m0/s1. The Morgan fingerprint density at radius 2 is 1.67 bits per heavy atom. The molecule has 43 heavy (non-hydrogen) atoms. The zero-order valence-corrected chi connectivity index (χ0v) is 31.3. The Morgan fingerprint density at radius 3 is 2.21 bits per heavy atom. The molecule has 0 fully saturated rings. The van der Waals surface area contributed by atoms with Gasteiger partial charge in [-0.05, 0) is 89.6 Å². The third-order valence-corrected chi connectivity index (χ3v) is 10.6. The van der Waals surface area contributed by atoms with E-state index in [4.69, 9.17) is 13.6 Å². The number of allylic oxidation sites excluding steroid dienone is 1. The summed E-state index contributed by atoms with van der Waals surface area (Å²) in [6, 6.07) is 0. The van der Waals surface area contributed by atoms with E-state index in [0.29, 0.717) is 6.42 Å². The summed E-state index contributed by atoms with van der Waals surface area (Å²) < 4.78 is 19.3. The van der Waals surface area contributed by atoms with Crippen LogP contribution in [-0.2, 0) is 28.0 Å². The molecule has 1 aliphatic rings. The molecule has 0 spiro atoms. The smallest absolute Gasteiger partial charge is 0.309 e. The summed E-state index contributed by atoms with van der Waals surface area (Å²) in [6.45, 7) is 24.4. The average molecular weight is 650 g/mol. The van der Waals surface area contributed by atoms with Gasteiger partial charge in [0.1, 0.15) is 18.2 Å². The highest BCUT2D eigenvalue weighted by molar-refractivity contribution is 7.09. The number of aromatic nitrogens is 1. The van der Waals surface area contributed by atoms with Crippen molar-refractivity contribution >= 4 is 52.1 Å². The Hall–Kier alpha value is -1.73. The zero-order chi connectivity index (χ0) is 32.8. The Morgan fingerprint density at radius 1 is 1.05 bits per heavy atom. The molecule has 1 aliphatic heterocycles. The zero-order valence-electron chi connectivity index (χ0n) is 28.5. The molecule has 0 radical (unpaired) electrons. The number of rotatable bonds is 7. The maximum Gasteiger partial charge on any atom is 0.309 e. The summed E-state index contributed by atoms with van der Waals surface area (Å²) in [5, 5.41) is 2.91. The Kier molecular flexibility index (Phi) is 13.5. The second-order valence-electron chi connectivity index (χ2n) is 14.7. The molecule has 0 amide bonds. The third kappa shape index (κ3) is 11.9. The van der Waals surface area contributed by atoms with Crippen molar-refractivity contribution in [1.29, 1.82) is 0 Å². The number of cyclic esters (lactones) is 1. The second-order valence-corrected chi connectivity index (χ2v) is 24.7. The normalized spacial score (nSPS) is 28.9. The summed E-state index contributed by atoms with van der Waals surface area (Å²) in [5.74, 6) is -1.01. The highest BCUT2D eigenvalue weighted by atomic mass is 32.1. The number of aldehydes is 1. The molecule has 242 valence electrons. The van der Waals surface area contributed by atoms with Gasteiger partial charge in [0, 0.05) is 22.6 Å². The van der Waals surface area contributed by atoms with Gasteiger partial charge in [-0.1, -0.05) is 40.2 Å². The number of Topliss-reactive ketones (excluding diaryl/α,β-unsaturated/α-hetero) is 1. The predicted molar refractivity (Wildman–Crippen MR) is 181 cm³/mol. The minimum Gasteiger partial charge on any atom is -0.453 e. The molecule has 0 aliphatic carbocycles. The van der Waals surface area contributed by atoms with E-state index in [0.717, 1.165) is 35.4 Å². The predicted octanol–water partition coefficient (Wildman–Crippen LogP) is 8.02. The van der Waals surface area contributed by atoms with Crippen molar-refractivity contribution in [3.63, 3.8) is 0 Å². The Labute approximate surface area is 266 Å². The highest BCUT2D eigenvalue weighted by Gasteiger charge is 2.46. The van der Waals surface area contributed by atoms with Crippen LogP contribution in [0.5, 0.6) is 0 Å². The van der Waals surface area contributed by atoms with Crippen molar-refractivity contribution in [2.75, 3.05) is 0 Å². The van der Waals surface area contributed by atoms with Gasteiger partial charge in [-0.3, -0.25) is 9.59 Å². The van der Waals surface area contributed by atoms with Gasteiger partial charge in [-0.15, -0.1) is 11.3 Å². The lowest BCUT2D eigenvalue weighted by Crippen LogP contribution is -2.51. The van der Waals surface area contributed by atoms with Crippen molar-refractivity contribution in [2.24, 2.45) is 23.2 Å². The number of hydrogen-bond acceptors (Lipinski definition) is 8. The van der Waals surface area contributed by atoms with Crippen molar-refractivity contribution in [3.8, 4) is 0 Å². The van der Waals surface area contributed by atoms with Crippen LogP contribution in [0, 0.1) is 30.1 Å². The molecule has 1 aromatic heterocycles. The Balaban J connectivity index is 2.58. The van der Waals surface area contributed by atoms with E-state index in [1.165, 1.54) is 0 Å². The van der Waals surface area contributed by atoms with Crippen LogP contribution in [0.4, 0.5) is 0 Å². The van der Waals surface area contributed by atoms with Gasteiger partial charge in [0.2, 0.25) is 0 Å². The van der Waals surface area contributed by atoms with Crippen molar-refractivity contribution in [3.05, 3.63) is 33.8 Å². The molecular weight excluding hydrogens is 595 g/mol. The average Bonchev–Trinajstić information content (AvgIpc) is 3.29. The lowest BCUT2D eigenvalue weighted by molar-refractivity contribution is -0.151. The quantitative estimate of drug-likeness (QED) is 0.128. The van der Waals surface area contributed by atoms with E-state index in [9.17, 15) is 14.4 Å². The number of thiazole rings is 1. The van der Waals surface area contributed by atoms with Gasteiger partial charge in [-0.2, -0.15) is 0 Å². The summed E-state index contributed by atoms with van der Waals surface area (Å²) in [5.41, 5.74) is 0.647. The molecule has 10 heteroatoms. The summed E-state index contributed by atoms with van der Waals surface area (Å²) in [4.78, 5) is 44.5. The van der Waals surface area contributed by atoms with E-state index >= 15 is 0 Å². The number of aryl methyl sites for hydroxylation is 1. The molecule has 0 saturated heterocycles. The monoisotopic (exact) mass is 649 g/mol. The van der Waals surface area contributed by atoms with E-state index in [1.807, 2.05) is 52.2 Å². The topological polar surface area (TPSA) is 91.8 Å². The number of esters is 1. The fraction of sp³-hybridized carbons (Fsp3) is 0.697. The van der Waals surface area contributed by atoms with Gasteiger partial charge in [0.05, 0.1) is 29.3 Å². The fourth-order valence-corrected chi connectivity index (χ4v) is 8.62. The molecule has 2 heterocycles. The molecule has 0 aromatic carbocycles. The number of ketones is 1. The first-order chi connectivity index (χ1) is 19.7. The lowest BCUT2D eigenvalue weighted by Gasteiger charge is -2.41. The van der Waals surface area contributed by atoms with Crippen molar-refractivity contribution < 1.29 is 28.0 Å². The van der Waals surface area contributed by atoms with Gasteiger partial charge in [0.15, 0.2) is 16.6 Å². The van der Waals surface area contributed by atoms with E-state index in [1.54, 1.807) is 17.4 Å². The maximum atomic E-state index is 14.3. The first-order valence-corrected chi connectivity index (χ1v) is 23.3. The molecule has 6 atom stereocenters. The SMILES string of the molecule is CC(=Cc1csc(C)n1)[C@@H]1C=CC(C=O)CCC[C@H](C)C(O[Si](C)(C)C)[C@@H](C)C(=O)C(C)(C)C(O[Si](C)(C)C)CC(=O)O1. The number of nitrogens with zero attached hydrogens (tertiary/aromatic N) is 1. The number of carbonyl (C=O) groups is 3. The van der Waals surface area contributed by atoms with Gasteiger partial charge in [-0.25, -0.2) is 4.98 Å². The summed E-state index contributed by atoms with van der Waals surface area (Å²) in [7, 11) is -4.15. The fourth-order valence-electron chi connectivity index (χ4n) is 5.56. The molecule has 0 saturated carbocycles. The summed E-state index contributed by atoms with van der Waals surface area (Å²) in [6.07, 6.45) is 7.17. The van der Waals surface area contributed by atoms with E-state index in [2.05, 4.69) is 51.2 Å². The van der Waals surface area contributed by atoms with E-state index in [-0.39, 0.29) is 30.1 Å². The van der Waals surface area contributed by atoms with Gasteiger partial charge < -0.3 is 18.4 Å². The van der Waals surface area contributed by atoms with Gasteiger partial charge in [0.25, 0.3) is 0 Å². The molecule has 0 bridgehead atoms. The molecule has 7 nitrogen and oxygen atoms in total. The first-order valence-electron chi connectivity index (χ1n) is 15.6. The van der Waals surface area contributed by atoms with Crippen LogP contribution in [0.15, 0.2) is 23.1 Å². The molecule has 3 unspecified atom stereocenters. The maximum absolute atomic E-state index is 14.3. The third-order valence-electron chi connectivity index (χ3n) is 7.87. The molecular formula is C33H55NO6SSi2. The van der Waals surface area contributed by atoms with Crippen LogP contribution in [0.1, 0.15) is 71.0 Å². The first kappa shape index (κ1) is 37.5. The summed E-state index contributed by atoms with van der Waals surface area (Å²) >= 11 is 1.55. The van der Waals surface area contributed by atoms with Crippen LogP contribution in [0.25, 0.3) is 6.08 Å². The van der Waals surface area contributed by atoms with Crippen LogP contribution in [0.2, 0.25) is 39.3 Å². The minimum absolute atomic E-state index is 0.0305. The van der Waals surface area contributed by atoms with Crippen molar-refractivity contribution in [2.45, 2.75) is 125 Å². The largest absolute Gasteiger partial charge is 0.453 e. The minimum atomic E-state index is -2.16. The molecule has 0 N–H and O–H groups in total. The second kappa shape index (κ2) is 15.5. The molecule has 1 aromatic rings. The van der Waals surface area contributed by atoms with Crippen molar-refractivity contribution in [1.82, 2.24) is 4.98 Å². The van der Waals surface area contributed by atoms with Crippen LogP contribution in [-0.4, -0.2) is 58.0 Å². The Bertz CT molecular complexity index is 1160. The lowest BCUT2D eigenvalue weighted by atomic mass is 9.73. The molecule has 2 rings (SSSR count). The van der Waals surface area contributed by atoms with Crippen LogP contribution < -0.4 is 0 Å². The van der Waals surface area contributed by atoms with Crippen LogP contribution in [0.3, 0.4) is 0 Å². The highest BCUT2D eigenvalue weighted by Crippen LogP contribution is 2.37. The number of hydrogen-bond donors (Lipinski definition) is 0. The number of carbonyl (C=O) groups excluding carboxylic acids is 3. The van der Waals surface area contributed by atoms with E-state index < -0.39 is 46.1 Å². The van der Waals surface area contributed by atoms with Gasteiger partial charge >= 0.3 is 5.97 Å².